The molecule has 0 fully saturated rings. The molecule has 2 aromatic carbocycles. The summed E-state index contributed by atoms with van der Waals surface area (Å²) >= 11 is 3.52. The molecule has 0 atom stereocenters. The summed E-state index contributed by atoms with van der Waals surface area (Å²) in [6.07, 6.45) is 0. The van der Waals surface area contributed by atoms with E-state index in [9.17, 15) is 0 Å². The summed E-state index contributed by atoms with van der Waals surface area (Å²) in [7, 11) is 0. The monoisotopic (exact) mass is 332 g/mol. The van der Waals surface area contributed by atoms with Gasteiger partial charge in [-0.3, -0.25) is 0 Å². The largest absolute Gasteiger partial charge is 0.494 e. The highest BCUT2D eigenvalue weighted by molar-refractivity contribution is 9.10. The molecule has 1 N–H and O–H groups in total. The fraction of sp³-hybridized carbons (Fsp3) is 0.250. The minimum atomic E-state index is 0.698. The maximum absolute atomic E-state index is 5.50. The fourth-order valence-corrected chi connectivity index (χ4v) is 2.83. The Bertz CT molecular complexity index is 598. The molecule has 1 heterocycles. The van der Waals surface area contributed by atoms with Crippen molar-refractivity contribution in [2.45, 2.75) is 6.92 Å². The number of halogens is 1. The smallest absolute Gasteiger partial charge is 0.119 e. The van der Waals surface area contributed by atoms with Crippen LogP contribution in [0.25, 0.3) is 0 Å². The van der Waals surface area contributed by atoms with Crippen LogP contribution in [0.5, 0.6) is 5.75 Å². The quantitative estimate of drug-likeness (QED) is 0.900. The van der Waals surface area contributed by atoms with Crippen molar-refractivity contribution in [1.82, 2.24) is 0 Å². The standard InChI is InChI=1S/C16H17BrN2O/c1-2-20-14-6-4-13(5-7-14)19-10-9-18-15-11-12(17)3-8-16(15)19/h3-8,11,18H,2,9-10H2,1H3. The van der Waals surface area contributed by atoms with E-state index < -0.39 is 0 Å². The molecule has 0 saturated heterocycles. The lowest BCUT2D eigenvalue weighted by molar-refractivity contribution is 0.340. The Morgan fingerprint density at radius 3 is 2.75 bits per heavy atom. The van der Waals surface area contributed by atoms with Gasteiger partial charge in [-0.05, 0) is 49.4 Å². The molecular weight excluding hydrogens is 316 g/mol. The van der Waals surface area contributed by atoms with Crippen LogP contribution in [0.4, 0.5) is 17.1 Å². The lowest BCUT2D eigenvalue weighted by atomic mass is 10.1. The van der Waals surface area contributed by atoms with Gasteiger partial charge < -0.3 is 15.0 Å². The van der Waals surface area contributed by atoms with E-state index in [1.165, 1.54) is 17.1 Å². The zero-order valence-electron chi connectivity index (χ0n) is 11.4. The van der Waals surface area contributed by atoms with Crippen LogP contribution in [0.2, 0.25) is 0 Å². The predicted molar refractivity (Wildman–Crippen MR) is 87.2 cm³/mol. The zero-order chi connectivity index (χ0) is 13.9. The van der Waals surface area contributed by atoms with Crippen molar-refractivity contribution in [3.63, 3.8) is 0 Å². The molecule has 0 amide bonds. The van der Waals surface area contributed by atoms with E-state index in [1.807, 2.05) is 19.1 Å². The number of benzene rings is 2. The van der Waals surface area contributed by atoms with Crippen LogP contribution in [0.15, 0.2) is 46.9 Å². The van der Waals surface area contributed by atoms with E-state index >= 15 is 0 Å². The summed E-state index contributed by atoms with van der Waals surface area (Å²) in [5.41, 5.74) is 3.57. The first-order valence-corrected chi connectivity index (χ1v) is 7.61. The Morgan fingerprint density at radius 1 is 1.20 bits per heavy atom. The van der Waals surface area contributed by atoms with Gasteiger partial charge in [-0.2, -0.15) is 0 Å². The number of hydrogen-bond acceptors (Lipinski definition) is 3. The van der Waals surface area contributed by atoms with E-state index in [2.05, 4.69) is 56.5 Å². The molecule has 0 saturated carbocycles. The van der Waals surface area contributed by atoms with E-state index in [4.69, 9.17) is 4.74 Å². The summed E-state index contributed by atoms with van der Waals surface area (Å²) in [6, 6.07) is 14.6. The molecule has 4 heteroatoms. The van der Waals surface area contributed by atoms with Crippen molar-refractivity contribution in [3.8, 4) is 5.75 Å². The van der Waals surface area contributed by atoms with Gasteiger partial charge in [0, 0.05) is 23.2 Å². The second-order valence-electron chi connectivity index (χ2n) is 4.67. The Hall–Kier alpha value is -1.68. The highest BCUT2D eigenvalue weighted by atomic mass is 79.9. The molecule has 0 radical (unpaired) electrons. The molecule has 104 valence electrons. The van der Waals surface area contributed by atoms with Gasteiger partial charge >= 0.3 is 0 Å². The predicted octanol–water partition coefficient (Wildman–Crippen LogP) is 4.41. The number of rotatable bonds is 3. The third-order valence-electron chi connectivity index (χ3n) is 3.36. The Balaban J connectivity index is 1.92. The second kappa shape index (κ2) is 5.75. The average Bonchev–Trinajstić information content (AvgIpc) is 2.47. The summed E-state index contributed by atoms with van der Waals surface area (Å²) in [6.45, 7) is 4.60. The molecule has 20 heavy (non-hydrogen) atoms. The summed E-state index contributed by atoms with van der Waals surface area (Å²) < 4.78 is 6.59. The lowest BCUT2D eigenvalue weighted by Crippen LogP contribution is -2.30. The molecule has 3 nitrogen and oxygen atoms in total. The van der Waals surface area contributed by atoms with Crippen LogP contribution in [0.1, 0.15) is 6.92 Å². The van der Waals surface area contributed by atoms with Crippen LogP contribution in [0.3, 0.4) is 0 Å². The van der Waals surface area contributed by atoms with Crippen LogP contribution < -0.4 is 15.0 Å². The third kappa shape index (κ3) is 2.61. The van der Waals surface area contributed by atoms with Crippen molar-refractivity contribution < 1.29 is 4.74 Å². The van der Waals surface area contributed by atoms with Crippen molar-refractivity contribution in [2.75, 3.05) is 29.9 Å². The first-order chi connectivity index (χ1) is 9.78. The molecule has 0 spiro atoms. The Labute approximate surface area is 127 Å². The number of anilines is 3. The van der Waals surface area contributed by atoms with Gasteiger partial charge in [0.1, 0.15) is 5.75 Å². The van der Waals surface area contributed by atoms with Crippen molar-refractivity contribution in [3.05, 3.63) is 46.9 Å². The van der Waals surface area contributed by atoms with Crippen LogP contribution in [-0.4, -0.2) is 19.7 Å². The van der Waals surface area contributed by atoms with E-state index in [0.717, 1.165) is 23.3 Å². The summed E-state index contributed by atoms with van der Waals surface area (Å²) in [4.78, 5) is 2.33. The molecular formula is C16H17BrN2O. The number of nitrogens with zero attached hydrogens (tertiary/aromatic N) is 1. The highest BCUT2D eigenvalue weighted by Crippen LogP contribution is 2.36. The fourth-order valence-electron chi connectivity index (χ4n) is 2.47. The zero-order valence-corrected chi connectivity index (χ0v) is 13.0. The number of nitrogens with one attached hydrogen (secondary N) is 1. The molecule has 0 aromatic heterocycles. The first-order valence-electron chi connectivity index (χ1n) is 6.82. The van der Waals surface area contributed by atoms with Gasteiger partial charge in [-0.15, -0.1) is 0 Å². The minimum absolute atomic E-state index is 0.698. The number of ether oxygens (including phenoxy) is 1. The number of hydrogen-bond donors (Lipinski definition) is 1. The average molecular weight is 333 g/mol. The van der Waals surface area contributed by atoms with E-state index in [0.29, 0.717) is 6.61 Å². The molecule has 0 aliphatic carbocycles. The lowest BCUT2D eigenvalue weighted by Gasteiger charge is -2.32. The normalized spacial score (nSPS) is 13.6. The van der Waals surface area contributed by atoms with Gasteiger partial charge in [-0.25, -0.2) is 0 Å². The minimum Gasteiger partial charge on any atom is -0.494 e. The van der Waals surface area contributed by atoms with Gasteiger partial charge in [0.15, 0.2) is 0 Å². The molecule has 1 aliphatic heterocycles. The first kappa shape index (κ1) is 13.3. The Kier molecular flexibility index (Phi) is 3.83. The summed E-state index contributed by atoms with van der Waals surface area (Å²) in [5.74, 6) is 0.919. The second-order valence-corrected chi connectivity index (χ2v) is 5.58. The Morgan fingerprint density at radius 2 is 2.00 bits per heavy atom. The van der Waals surface area contributed by atoms with Gasteiger partial charge in [-0.1, -0.05) is 15.9 Å². The van der Waals surface area contributed by atoms with Crippen molar-refractivity contribution in [1.29, 1.82) is 0 Å². The topological polar surface area (TPSA) is 24.5 Å². The van der Waals surface area contributed by atoms with E-state index in [1.54, 1.807) is 0 Å². The number of fused-ring (bicyclic) bond motifs is 1. The van der Waals surface area contributed by atoms with Crippen LogP contribution in [0, 0.1) is 0 Å². The SMILES string of the molecule is CCOc1ccc(N2CCNc3cc(Br)ccc32)cc1. The summed E-state index contributed by atoms with van der Waals surface area (Å²) in [5, 5.41) is 3.44. The van der Waals surface area contributed by atoms with Crippen LogP contribution >= 0.6 is 15.9 Å². The molecule has 2 aromatic rings. The molecule has 1 aliphatic rings. The van der Waals surface area contributed by atoms with Gasteiger partial charge in [0.2, 0.25) is 0 Å². The molecule has 0 bridgehead atoms. The molecule has 3 rings (SSSR count). The van der Waals surface area contributed by atoms with Gasteiger partial charge in [0.25, 0.3) is 0 Å². The maximum atomic E-state index is 5.50. The third-order valence-corrected chi connectivity index (χ3v) is 3.85. The van der Waals surface area contributed by atoms with E-state index in [-0.39, 0.29) is 0 Å². The maximum Gasteiger partial charge on any atom is 0.119 e. The van der Waals surface area contributed by atoms with Gasteiger partial charge in [0.05, 0.1) is 18.0 Å². The van der Waals surface area contributed by atoms with Crippen LogP contribution in [-0.2, 0) is 0 Å². The highest BCUT2D eigenvalue weighted by Gasteiger charge is 2.17. The molecule has 0 unspecified atom stereocenters. The van der Waals surface area contributed by atoms with Crippen molar-refractivity contribution >= 4 is 33.0 Å². The van der Waals surface area contributed by atoms with Crippen molar-refractivity contribution in [2.24, 2.45) is 0 Å².